The minimum atomic E-state index is -3.84. The van der Waals surface area contributed by atoms with Gasteiger partial charge in [0.1, 0.15) is 17.9 Å². The zero-order valence-corrected chi connectivity index (χ0v) is 27.0. The monoisotopic (exact) mass is 681 g/mol. The number of sulfonamides is 1. The Labute approximate surface area is 275 Å². The molecule has 1 heterocycles. The lowest BCUT2D eigenvalue weighted by molar-refractivity contribution is -0.908. The lowest BCUT2D eigenvalue weighted by atomic mass is 9.75. The van der Waals surface area contributed by atoms with E-state index in [0.717, 1.165) is 5.56 Å². The van der Waals surface area contributed by atoms with Gasteiger partial charge in [0.25, 0.3) is 0 Å². The fraction of sp³-hybridized carbons (Fsp3) is 0.286. The van der Waals surface area contributed by atoms with Crippen LogP contribution in [0.25, 0.3) is 0 Å². The van der Waals surface area contributed by atoms with Gasteiger partial charge < -0.3 is 31.3 Å². The lowest BCUT2D eigenvalue weighted by Gasteiger charge is -2.49. The van der Waals surface area contributed by atoms with Gasteiger partial charge in [-0.2, -0.15) is 0 Å². The third-order valence-corrected chi connectivity index (χ3v) is 9.83. The minimum Gasteiger partial charge on any atom is -1.00 e. The molecule has 1 aliphatic heterocycles. The Morgan fingerprint density at radius 1 is 0.955 bits per heavy atom. The number of carbonyl (C=O) groups is 1. The highest BCUT2D eigenvalue weighted by molar-refractivity contribution is 7.88. The predicted octanol–water partition coefficient (Wildman–Crippen LogP) is 2.58. The first kappa shape index (κ1) is 29.2. The van der Waals surface area contributed by atoms with Gasteiger partial charge in [0.2, 0.25) is 10.0 Å². The van der Waals surface area contributed by atoms with E-state index < -0.39 is 39.0 Å². The Morgan fingerprint density at radius 3 is 2.18 bits per heavy atom. The van der Waals surface area contributed by atoms with Crippen LogP contribution >= 0.6 is 0 Å². The van der Waals surface area contributed by atoms with Gasteiger partial charge in [-0.05, 0) is 35.4 Å². The summed E-state index contributed by atoms with van der Waals surface area (Å²) in [5, 5.41) is 10.6. The SMILES string of the molecule is [2H]C([2H])([2H])[N+](C)(Cc1ccccc1)C[C@@H]1CN(S(=O)(=O)Cc2ccccc2)CC[C@@]1(OC(=O)c1ccccc1)c1cccc(O)c1.[Br-]. The molecule has 0 saturated carbocycles. The van der Waals surface area contributed by atoms with Gasteiger partial charge in [-0.1, -0.05) is 91.0 Å². The van der Waals surface area contributed by atoms with Crippen molar-refractivity contribution in [3.63, 3.8) is 0 Å². The van der Waals surface area contributed by atoms with Gasteiger partial charge in [0, 0.05) is 25.1 Å². The highest BCUT2D eigenvalue weighted by atomic mass is 79.9. The molecule has 232 valence electrons. The first-order valence-electron chi connectivity index (χ1n) is 15.8. The molecule has 1 aliphatic rings. The number of halogens is 1. The number of hydrogen-bond donors (Lipinski definition) is 1. The first-order chi connectivity index (χ1) is 21.8. The van der Waals surface area contributed by atoms with Crippen molar-refractivity contribution in [2.75, 3.05) is 33.7 Å². The number of carbonyl (C=O) groups excluding carboxylic acids is 1. The molecule has 1 unspecified atom stereocenters. The number of aromatic hydroxyl groups is 1. The summed E-state index contributed by atoms with van der Waals surface area (Å²) in [7, 11) is -2.22. The second-order valence-electron chi connectivity index (χ2n) is 11.5. The average Bonchev–Trinajstić information content (AvgIpc) is 3.02. The van der Waals surface area contributed by atoms with E-state index in [-0.39, 0.29) is 61.1 Å². The molecular weight excluding hydrogens is 640 g/mol. The fourth-order valence-corrected chi connectivity index (χ4v) is 7.56. The quantitative estimate of drug-likeness (QED) is 0.206. The summed E-state index contributed by atoms with van der Waals surface area (Å²) in [4.78, 5) is 13.8. The average molecular weight is 683 g/mol. The molecular formula is C35H39BrN2O5S. The number of quaternary nitrogens is 1. The zero-order valence-electron chi connectivity index (χ0n) is 27.6. The summed E-state index contributed by atoms with van der Waals surface area (Å²) in [6.07, 6.45) is 0.0556. The van der Waals surface area contributed by atoms with Gasteiger partial charge in [-0.25, -0.2) is 17.5 Å². The van der Waals surface area contributed by atoms with Gasteiger partial charge in [0.05, 0.1) is 41.9 Å². The van der Waals surface area contributed by atoms with Crippen LogP contribution in [0.2, 0.25) is 0 Å². The molecule has 1 saturated heterocycles. The number of esters is 1. The third-order valence-electron chi connectivity index (χ3n) is 8.02. The lowest BCUT2D eigenvalue weighted by Crippen LogP contribution is -3.00. The first-order valence-corrected chi connectivity index (χ1v) is 15.9. The molecule has 4 aromatic carbocycles. The van der Waals surface area contributed by atoms with Crippen LogP contribution in [0.15, 0.2) is 115 Å². The van der Waals surface area contributed by atoms with Crippen LogP contribution in [-0.2, 0) is 32.7 Å². The number of hydrogen-bond acceptors (Lipinski definition) is 5. The van der Waals surface area contributed by atoms with Gasteiger partial charge >= 0.3 is 5.97 Å². The van der Waals surface area contributed by atoms with Crippen LogP contribution in [-0.4, -0.2) is 61.9 Å². The van der Waals surface area contributed by atoms with Crippen molar-refractivity contribution in [2.24, 2.45) is 5.92 Å². The summed E-state index contributed by atoms with van der Waals surface area (Å²) in [5.74, 6) is -1.71. The van der Waals surface area contributed by atoms with Crippen molar-refractivity contribution in [1.29, 1.82) is 0 Å². The summed E-state index contributed by atoms with van der Waals surface area (Å²) >= 11 is 0. The molecule has 0 aromatic heterocycles. The molecule has 4 aromatic rings. The zero-order chi connectivity index (χ0) is 33.0. The van der Waals surface area contributed by atoms with Gasteiger partial charge in [0.15, 0.2) is 0 Å². The van der Waals surface area contributed by atoms with E-state index in [1.165, 1.54) is 16.4 Å². The standard InChI is InChI=1S/C35H38N2O5S.BrH/c1-37(2,25-28-13-6-3-7-14-28)26-32-24-36(43(40,41)27-29-15-8-4-9-16-29)22-21-35(32,31-19-12-20-33(38)23-31)42-34(39)30-17-10-5-11-18-30;/h3-20,23,32H,21-22,24-27H2,1-2H3;1H/t32-,35+;/m0./s1/i1D3;/t32-,35+,37?;. The molecule has 1 N–H and O–H groups in total. The van der Waals surface area contributed by atoms with Crippen LogP contribution in [0.4, 0.5) is 0 Å². The molecule has 0 bridgehead atoms. The number of phenolic OH excluding ortho intramolecular Hbond substituents is 1. The third kappa shape index (κ3) is 7.95. The molecule has 0 amide bonds. The van der Waals surface area contributed by atoms with Crippen molar-refractivity contribution < 1.29 is 48.6 Å². The molecule has 0 spiro atoms. The number of nitrogens with zero attached hydrogens (tertiary/aromatic N) is 2. The maximum atomic E-state index is 13.9. The van der Waals surface area contributed by atoms with E-state index in [1.807, 2.05) is 36.4 Å². The van der Waals surface area contributed by atoms with Crippen molar-refractivity contribution in [2.45, 2.75) is 24.3 Å². The van der Waals surface area contributed by atoms with E-state index >= 15 is 0 Å². The van der Waals surface area contributed by atoms with Crippen molar-refractivity contribution >= 4 is 16.0 Å². The highest BCUT2D eigenvalue weighted by Crippen LogP contribution is 2.44. The van der Waals surface area contributed by atoms with Gasteiger partial charge in [-0.3, -0.25) is 0 Å². The van der Waals surface area contributed by atoms with Crippen molar-refractivity contribution in [3.05, 3.63) is 138 Å². The van der Waals surface area contributed by atoms with Crippen LogP contribution < -0.4 is 17.0 Å². The van der Waals surface area contributed by atoms with E-state index in [1.54, 1.807) is 73.8 Å². The van der Waals surface area contributed by atoms with Crippen LogP contribution in [0.5, 0.6) is 5.75 Å². The van der Waals surface area contributed by atoms with Crippen molar-refractivity contribution in [3.8, 4) is 5.75 Å². The summed E-state index contributed by atoms with van der Waals surface area (Å²) < 4.78 is 61.0. The van der Waals surface area contributed by atoms with E-state index in [0.29, 0.717) is 16.7 Å². The number of rotatable bonds is 10. The van der Waals surface area contributed by atoms with Crippen LogP contribution in [0.3, 0.4) is 0 Å². The Hall–Kier alpha value is -3.50. The van der Waals surface area contributed by atoms with Crippen LogP contribution in [0.1, 0.15) is 37.6 Å². The Morgan fingerprint density at radius 2 is 1.57 bits per heavy atom. The molecule has 5 rings (SSSR count). The molecule has 3 atom stereocenters. The molecule has 0 aliphatic carbocycles. The van der Waals surface area contributed by atoms with Crippen LogP contribution in [0, 0.1) is 5.92 Å². The minimum absolute atomic E-state index is 0. The number of benzene rings is 4. The number of piperidine rings is 1. The highest BCUT2D eigenvalue weighted by Gasteiger charge is 2.52. The van der Waals surface area contributed by atoms with E-state index in [9.17, 15) is 18.3 Å². The molecule has 0 radical (unpaired) electrons. The molecule has 1 fully saturated rings. The maximum Gasteiger partial charge on any atom is 0.339 e. The van der Waals surface area contributed by atoms with Crippen molar-refractivity contribution in [1.82, 2.24) is 4.31 Å². The molecule has 7 nitrogen and oxygen atoms in total. The Bertz CT molecular complexity index is 1750. The summed E-state index contributed by atoms with van der Waals surface area (Å²) in [6.45, 7) is -2.49. The maximum absolute atomic E-state index is 13.9. The Kier molecular flexibility index (Phi) is 9.35. The number of ether oxygens (including phenoxy) is 1. The predicted molar refractivity (Wildman–Crippen MR) is 168 cm³/mol. The largest absolute Gasteiger partial charge is 1.00 e. The molecule has 9 heteroatoms. The molecule has 44 heavy (non-hydrogen) atoms. The second kappa shape index (κ2) is 14.1. The van der Waals surface area contributed by atoms with E-state index in [2.05, 4.69) is 0 Å². The number of phenols is 1. The topological polar surface area (TPSA) is 83.9 Å². The fourth-order valence-electron chi connectivity index (χ4n) is 5.99. The van der Waals surface area contributed by atoms with Gasteiger partial charge in [-0.15, -0.1) is 0 Å². The second-order valence-corrected chi connectivity index (χ2v) is 13.4. The summed E-state index contributed by atoms with van der Waals surface area (Å²) in [5.41, 5.74) is 0.753. The smallest absolute Gasteiger partial charge is 0.339 e. The summed E-state index contributed by atoms with van der Waals surface area (Å²) in [6, 6.07) is 33.0. The van der Waals surface area contributed by atoms with E-state index in [4.69, 9.17) is 8.85 Å². The Balaban J connectivity index is 0.00000500. The normalized spacial score (nSPS) is 21.5.